The van der Waals surface area contributed by atoms with Crippen LogP contribution in [0.2, 0.25) is 0 Å². The molecule has 1 aliphatic rings. The predicted molar refractivity (Wildman–Crippen MR) is 110 cm³/mol. The van der Waals surface area contributed by atoms with E-state index in [1.165, 1.54) is 5.57 Å². The fourth-order valence-electron chi connectivity index (χ4n) is 3.23. The highest BCUT2D eigenvalue weighted by atomic mass is 16.5. The molecule has 29 heavy (non-hydrogen) atoms. The first kappa shape index (κ1) is 21.0. The quantitative estimate of drug-likeness (QED) is 0.660. The normalized spacial score (nSPS) is 15.6. The van der Waals surface area contributed by atoms with Crippen LogP contribution in [-0.2, 0) is 16.0 Å². The topological polar surface area (TPSA) is 84.8 Å². The maximum absolute atomic E-state index is 11.2. The summed E-state index contributed by atoms with van der Waals surface area (Å²) in [5, 5.41) is 9.18. The Morgan fingerprint density at radius 3 is 2.62 bits per heavy atom. The minimum absolute atomic E-state index is 0.344. The van der Waals surface area contributed by atoms with Crippen LogP contribution in [0.3, 0.4) is 0 Å². The average molecular weight is 397 g/mol. The van der Waals surface area contributed by atoms with Gasteiger partial charge in [-0.3, -0.25) is 4.90 Å². The van der Waals surface area contributed by atoms with Crippen molar-refractivity contribution < 1.29 is 19.4 Å². The Balaban J connectivity index is 1.42. The van der Waals surface area contributed by atoms with Crippen molar-refractivity contribution in [3.63, 3.8) is 0 Å². The van der Waals surface area contributed by atoms with E-state index in [9.17, 15) is 9.90 Å². The number of benzene rings is 1. The van der Waals surface area contributed by atoms with Crippen molar-refractivity contribution in [1.29, 1.82) is 0 Å². The summed E-state index contributed by atoms with van der Waals surface area (Å²) in [6, 6.07) is 9.36. The van der Waals surface area contributed by atoms with E-state index in [4.69, 9.17) is 9.47 Å². The predicted octanol–water partition coefficient (Wildman–Crippen LogP) is 2.68. The van der Waals surface area contributed by atoms with Gasteiger partial charge in [0.2, 0.25) is 0 Å². The minimum atomic E-state index is -0.940. The number of rotatable bonds is 10. The van der Waals surface area contributed by atoms with E-state index in [0.29, 0.717) is 19.6 Å². The molecule has 0 saturated carbocycles. The molecule has 0 saturated heterocycles. The highest BCUT2D eigenvalue weighted by Gasteiger charge is 2.18. The number of aliphatic carboxylic acids is 1. The molecular formula is C22H27N3O4. The van der Waals surface area contributed by atoms with Gasteiger partial charge in [-0.15, -0.1) is 0 Å². The first-order valence-corrected chi connectivity index (χ1v) is 9.90. The first-order chi connectivity index (χ1) is 14.2. The fourth-order valence-corrected chi connectivity index (χ4v) is 3.23. The highest BCUT2D eigenvalue weighted by Crippen LogP contribution is 2.19. The summed E-state index contributed by atoms with van der Waals surface area (Å²) in [7, 11) is 0. The summed E-state index contributed by atoms with van der Waals surface area (Å²) < 4.78 is 11.1. The smallest absolute Gasteiger partial charge is 0.333 e. The number of nitrogens with zero attached hydrogens (tertiary/aromatic N) is 3. The van der Waals surface area contributed by atoms with Crippen LogP contribution >= 0.6 is 0 Å². The standard InChI is InChI=1S/C22H27N3O4/c1-2-28-20(22(26)27)16-17-4-6-19(7-5-17)29-15-14-25-12-8-18(9-13-25)21-23-10-3-11-24-21/h3-8,10-11,20H,2,9,12-16H2,1H3,(H,26,27). The summed E-state index contributed by atoms with van der Waals surface area (Å²) in [6.07, 6.45) is 6.19. The summed E-state index contributed by atoms with van der Waals surface area (Å²) >= 11 is 0. The molecule has 7 nitrogen and oxygen atoms in total. The van der Waals surface area contributed by atoms with E-state index in [-0.39, 0.29) is 0 Å². The molecule has 1 aromatic carbocycles. The third-order valence-corrected chi connectivity index (χ3v) is 4.81. The van der Waals surface area contributed by atoms with Gasteiger partial charge in [-0.05, 0) is 42.7 Å². The van der Waals surface area contributed by atoms with E-state index >= 15 is 0 Å². The van der Waals surface area contributed by atoms with Crippen LogP contribution in [0.4, 0.5) is 0 Å². The van der Waals surface area contributed by atoms with Gasteiger partial charge in [-0.1, -0.05) is 18.2 Å². The Labute approximate surface area is 171 Å². The van der Waals surface area contributed by atoms with Crippen molar-refractivity contribution >= 4 is 11.5 Å². The lowest BCUT2D eigenvalue weighted by molar-refractivity contribution is -0.149. The van der Waals surface area contributed by atoms with Gasteiger partial charge in [0.05, 0.1) is 0 Å². The maximum atomic E-state index is 11.2. The highest BCUT2D eigenvalue weighted by molar-refractivity contribution is 5.72. The molecule has 0 spiro atoms. The van der Waals surface area contributed by atoms with Crippen LogP contribution in [0.15, 0.2) is 48.8 Å². The SMILES string of the molecule is CCOC(Cc1ccc(OCCN2CC=C(c3ncccn3)CC2)cc1)C(=O)O. The molecule has 1 aromatic heterocycles. The second kappa shape index (κ2) is 10.7. The number of hydrogen-bond donors (Lipinski definition) is 1. The Morgan fingerprint density at radius 2 is 2.00 bits per heavy atom. The molecule has 0 bridgehead atoms. The summed E-state index contributed by atoms with van der Waals surface area (Å²) in [4.78, 5) is 22.1. The fraction of sp³-hybridized carbons (Fsp3) is 0.409. The zero-order chi connectivity index (χ0) is 20.5. The van der Waals surface area contributed by atoms with Crippen molar-refractivity contribution in [3.8, 4) is 5.75 Å². The van der Waals surface area contributed by atoms with Crippen molar-refractivity contribution in [2.45, 2.75) is 25.9 Å². The number of carboxylic acid groups (broad SMARTS) is 1. The number of aromatic nitrogens is 2. The molecule has 1 unspecified atom stereocenters. The Morgan fingerprint density at radius 1 is 1.24 bits per heavy atom. The van der Waals surface area contributed by atoms with E-state index < -0.39 is 12.1 Å². The van der Waals surface area contributed by atoms with Crippen LogP contribution in [-0.4, -0.2) is 64.9 Å². The molecule has 0 aliphatic carbocycles. The molecule has 1 aliphatic heterocycles. The van der Waals surface area contributed by atoms with Gasteiger partial charge in [0.1, 0.15) is 12.4 Å². The summed E-state index contributed by atoms with van der Waals surface area (Å²) in [5.41, 5.74) is 2.11. The largest absolute Gasteiger partial charge is 0.492 e. The van der Waals surface area contributed by atoms with E-state index in [1.807, 2.05) is 30.3 Å². The lowest BCUT2D eigenvalue weighted by atomic mass is 10.1. The molecular weight excluding hydrogens is 370 g/mol. The molecule has 2 heterocycles. The second-order valence-electron chi connectivity index (χ2n) is 6.83. The van der Waals surface area contributed by atoms with E-state index in [1.54, 1.807) is 19.3 Å². The zero-order valence-electron chi connectivity index (χ0n) is 16.7. The van der Waals surface area contributed by atoms with Gasteiger partial charge in [0.15, 0.2) is 11.9 Å². The van der Waals surface area contributed by atoms with Crippen LogP contribution in [0, 0.1) is 0 Å². The molecule has 1 atom stereocenters. The molecule has 0 radical (unpaired) electrons. The zero-order valence-corrected chi connectivity index (χ0v) is 16.7. The maximum Gasteiger partial charge on any atom is 0.333 e. The Kier molecular flexibility index (Phi) is 7.72. The van der Waals surface area contributed by atoms with E-state index in [0.717, 1.165) is 43.2 Å². The molecule has 0 fully saturated rings. The van der Waals surface area contributed by atoms with Crippen LogP contribution in [0.5, 0.6) is 5.75 Å². The third-order valence-electron chi connectivity index (χ3n) is 4.81. The van der Waals surface area contributed by atoms with Crippen molar-refractivity contribution in [2.24, 2.45) is 0 Å². The summed E-state index contributed by atoms with van der Waals surface area (Å²) in [5.74, 6) is 0.658. The average Bonchev–Trinajstić information content (AvgIpc) is 2.75. The van der Waals surface area contributed by atoms with Crippen LogP contribution in [0.25, 0.3) is 5.57 Å². The first-order valence-electron chi connectivity index (χ1n) is 9.90. The van der Waals surface area contributed by atoms with Crippen molar-refractivity contribution in [1.82, 2.24) is 14.9 Å². The van der Waals surface area contributed by atoms with Crippen molar-refractivity contribution in [3.05, 3.63) is 60.2 Å². The van der Waals surface area contributed by atoms with Crippen molar-refractivity contribution in [2.75, 3.05) is 32.8 Å². The lowest BCUT2D eigenvalue weighted by Gasteiger charge is -2.25. The van der Waals surface area contributed by atoms with Crippen LogP contribution in [0.1, 0.15) is 24.7 Å². The molecule has 154 valence electrons. The van der Waals surface area contributed by atoms with Crippen LogP contribution < -0.4 is 4.74 Å². The Bertz CT molecular complexity index is 809. The van der Waals surface area contributed by atoms with Gasteiger partial charge in [-0.2, -0.15) is 0 Å². The van der Waals surface area contributed by atoms with Gasteiger partial charge >= 0.3 is 5.97 Å². The number of ether oxygens (including phenoxy) is 2. The van der Waals surface area contributed by atoms with Gasteiger partial charge in [-0.25, -0.2) is 14.8 Å². The van der Waals surface area contributed by atoms with E-state index in [2.05, 4.69) is 20.9 Å². The third kappa shape index (κ3) is 6.37. The summed E-state index contributed by atoms with van der Waals surface area (Å²) in [6.45, 7) is 5.43. The minimum Gasteiger partial charge on any atom is -0.492 e. The Hall–Kier alpha value is -2.77. The molecule has 0 amide bonds. The monoisotopic (exact) mass is 397 g/mol. The molecule has 2 aromatic rings. The van der Waals surface area contributed by atoms with Gasteiger partial charge in [0, 0.05) is 45.1 Å². The molecule has 3 rings (SSSR count). The number of hydrogen-bond acceptors (Lipinski definition) is 6. The number of carboxylic acids is 1. The van der Waals surface area contributed by atoms with Gasteiger partial charge in [0.25, 0.3) is 0 Å². The second-order valence-corrected chi connectivity index (χ2v) is 6.83. The molecule has 7 heteroatoms. The number of carbonyl (C=O) groups is 1. The lowest BCUT2D eigenvalue weighted by Crippen LogP contribution is -2.32. The molecule has 1 N–H and O–H groups in total. The van der Waals surface area contributed by atoms with Gasteiger partial charge < -0.3 is 14.6 Å².